The molecule has 1 aliphatic heterocycles. The van der Waals surface area contributed by atoms with Gasteiger partial charge in [-0.25, -0.2) is 0 Å². The highest BCUT2D eigenvalue weighted by atomic mass is 16.2. The van der Waals surface area contributed by atoms with Crippen LogP contribution in [0.2, 0.25) is 0 Å². The molecule has 0 saturated heterocycles. The number of nitrogens with one attached hydrogen (secondary N) is 1. The summed E-state index contributed by atoms with van der Waals surface area (Å²) < 4.78 is 0. The Kier molecular flexibility index (Phi) is 4.46. The molecule has 0 radical (unpaired) electrons. The lowest BCUT2D eigenvalue weighted by atomic mass is 9.89. The highest BCUT2D eigenvalue weighted by Crippen LogP contribution is 2.25. The largest absolute Gasteiger partial charge is 0.354 e. The van der Waals surface area contributed by atoms with Crippen LogP contribution in [0.4, 0.5) is 0 Å². The first-order chi connectivity index (χ1) is 11.1. The molecule has 0 aromatic heterocycles. The van der Waals surface area contributed by atoms with Crippen LogP contribution in [0.5, 0.6) is 0 Å². The van der Waals surface area contributed by atoms with Gasteiger partial charge in [-0.3, -0.25) is 19.3 Å². The van der Waals surface area contributed by atoms with E-state index in [-0.39, 0.29) is 17.7 Å². The van der Waals surface area contributed by atoms with Gasteiger partial charge in [0.25, 0.3) is 11.8 Å². The second kappa shape index (κ2) is 6.52. The van der Waals surface area contributed by atoms with Gasteiger partial charge in [-0.1, -0.05) is 31.4 Å². The van der Waals surface area contributed by atoms with Gasteiger partial charge in [-0.05, 0) is 37.8 Å². The maximum atomic E-state index is 12.4. The Labute approximate surface area is 136 Å². The molecule has 1 aliphatic carbocycles. The first kappa shape index (κ1) is 15.7. The van der Waals surface area contributed by atoms with Gasteiger partial charge in [-0.15, -0.1) is 0 Å². The highest BCUT2D eigenvalue weighted by molar-refractivity contribution is 6.22. The molecule has 5 heteroatoms. The molecule has 3 amide bonds. The molecular formula is C18H22N2O3. The number of carbonyl (C=O) groups is 3. The van der Waals surface area contributed by atoms with E-state index >= 15 is 0 Å². The summed E-state index contributed by atoms with van der Waals surface area (Å²) in [5.74, 6) is -0.510. The molecule has 0 bridgehead atoms. The minimum atomic E-state index is -0.786. The second-order valence-electron chi connectivity index (χ2n) is 6.45. The minimum Gasteiger partial charge on any atom is -0.354 e. The molecule has 122 valence electrons. The van der Waals surface area contributed by atoms with Crippen LogP contribution in [0, 0.1) is 5.92 Å². The van der Waals surface area contributed by atoms with Crippen molar-refractivity contribution in [3.8, 4) is 0 Å². The standard InChI is InChI=1S/C18H22N2O3/c1-12(16(21)19-11-13-7-3-2-4-8-13)20-17(22)14-9-5-6-10-15(14)18(20)23/h5-6,9-10,12-13H,2-4,7-8,11H2,1H3,(H,19,21). The van der Waals surface area contributed by atoms with Crippen molar-refractivity contribution in [3.63, 3.8) is 0 Å². The topological polar surface area (TPSA) is 66.5 Å². The van der Waals surface area contributed by atoms with Crippen LogP contribution in [0.15, 0.2) is 24.3 Å². The Bertz CT molecular complexity index is 600. The molecule has 2 aliphatic rings. The Balaban J connectivity index is 1.64. The fourth-order valence-corrected chi connectivity index (χ4v) is 3.46. The summed E-state index contributed by atoms with van der Waals surface area (Å²) in [5, 5.41) is 2.91. The van der Waals surface area contributed by atoms with E-state index in [1.54, 1.807) is 31.2 Å². The molecule has 1 saturated carbocycles. The number of hydrogen-bond donors (Lipinski definition) is 1. The van der Waals surface area contributed by atoms with Crippen LogP contribution >= 0.6 is 0 Å². The summed E-state index contributed by atoms with van der Waals surface area (Å²) in [7, 11) is 0. The Morgan fingerprint density at radius 3 is 2.26 bits per heavy atom. The lowest BCUT2D eigenvalue weighted by Crippen LogP contribution is -2.48. The van der Waals surface area contributed by atoms with E-state index in [0.717, 1.165) is 17.7 Å². The summed E-state index contributed by atoms with van der Waals surface area (Å²) in [6.45, 7) is 2.24. The van der Waals surface area contributed by atoms with E-state index in [1.807, 2.05) is 0 Å². The van der Waals surface area contributed by atoms with E-state index in [1.165, 1.54) is 19.3 Å². The van der Waals surface area contributed by atoms with Crippen LogP contribution in [0.25, 0.3) is 0 Å². The van der Waals surface area contributed by atoms with Crippen molar-refractivity contribution in [1.29, 1.82) is 0 Å². The van der Waals surface area contributed by atoms with Crippen LogP contribution < -0.4 is 5.32 Å². The molecule has 1 aromatic rings. The lowest BCUT2D eigenvalue weighted by Gasteiger charge is -2.25. The van der Waals surface area contributed by atoms with E-state index in [9.17, 15) is 14.4 Å². The van der Waals surface area contributed by atoms with Gasteiger partial charge in [0.05, 0.1) is 11.1 Å². The number of imide groups is 1. The number of carbonyl (C=O) groups excluding carboxylic acids is 3. The summed E-state index contributed by atoms with van der Waals surface area (Å²) in [4.78, 5) is 38.2. The van der Waals surface area contributed by atoms with Crippen LogP contribution in [-0.2, 0) is 4.79 Å². The zero-order valence-electron chi connectivity index (χ0n) is 13.4. The SMILES string of the molecule is CC(C(=O)NCC1CCCCC1)N1C(=O)c2ccccc2C1=O. The molecule has 23 heavy (non-hydrogen) atoms. The van der Waals surface area contributed by atoms with Gasteiger partial charge in [-0.2, -0.15) is 0 Å². The maximum absolute atomic E-state index is 12.4. The van der Waals surface area contributed by atoms with Crippen molar-refractivity contribution in [2.75, 3.05) is 6.54 Å². The van der Waals surface area contributed by atoms with E-state index in [0.29, 0.717) is 23.6 Å². The normalized spacial score (nSPS) is 19.6. The van der Waals surface area contributed by atoms with Crippen LogP contribution in [0.3, 0.4) is 0 Å². The van der Waals surface area contributed by atoms with E-state index in [2.05, 4.69) is 5.32 Å². The number of rotatable bonds is 4. The maximum Gasteiger partial charge on any atom is 0.262 e. The molecule has 3 rings (SSSR count). The predicted octanol–water partition coefficient (Wildman–Crippen LogP) is 2.37. The van der Waals surface area contributed by atoms with Crippen LogP contribution in [-0.4, -0.2) is 35.2 Å². The zero-order valence-corrected chi connectivity index (χ0v) is 13.4. The van der Waals surface area contributed by atoms with Gasteiger partial charge in [0.2, 0.25) is 5.91 Å². The monoisotopic (exact) mass is 314 g/mol. The third-order valence-corrected chi connectivity index (χ3v) is 4.88. The van der Waals surface area contributed by atoms with Gasteiger partial charge < -0.3 is 5.32 Å². The first-order valence-electron chi connectivity index (χ1n) is 8.34. The predicted molar refractivity (Wildman–Crippen MR) is 86.0 cm³/mol. The van der Waals surface area contributed by atoms with Gasteiger partial charge >= 0.3 is 0 Å². The molecule has 1 unspecified atom stereocenters. The molecule has 1 atom stereocenters. The van der Waals surface area contributed by atoms with E-state index in [4.69, 9.17) is 0 Å². The summed E-state index contributed by atoms with van der Waals surface area (Å²) in [6, 6.07) is 5.92. The quantitative estimate of drug-likeness (QED) is 0.868. The van der Waals surface area contributed by atoms with Crippen molar-refractivity contribution >= 4 is 17.7 Å². The summed E-state index contributed by atoms with van der Waals surface area (Å²) in [5.41, 5.74) is 0.758. The molecular weight excluding hydrogens is 292 g/mol. The molecule has 1 heterocycles. The number of benzene rings is 1. The van der Waals surface area contributed by atoms with Crippen molar-refractivity contribution in [2.24, 2.45) is 5.92 Å². The molecule has 1 fully saturated rings. The Morgan fingerprint density at radius 2 is 1.70 bits per heavy atom. The van der Waals surface area contributed by atoms with Gasteiger partial charge in [0, 0.05) is 6.54 Å². The highest BCUT2D eigenvalue weighted by Gasteiger charge is 2.40. The number of hydrogen-bond acceptors (Lipinski definition) is 3. The smallest absolute Gasteiger partial charge is 0.262 e. The summed E-state index contributed by atoms with van der Waals surface area (Å²) >= 11 is 0. The first-order valence-corrected chi connectivity index (χ1v) is 8.34. The zero-order chi connectivity index (χ0) is 16.4. The lowest BCUT2D eigenvalue weighted by molar-refractivity contribution is -0.124. The molecule has 1 aromatic carbocycles. The Morgan fingerprint density at radius 1 is 1.13 bits per heavy atom. The number of nitrogens with zero attached hydrogens (tertiary/aromatic N) is 1. The van der Waals surface area contributed by atoms with Crippen LogP contribution in [0.1, 0.15) is 59.7 Å². The summed E-state index contributed by atoms with van der Waals surface area (Å²) in [6.07, 6.45) is 5.99. The molecule has 1 N–H and O–H groups in total. The average molecular weight is 314 g/mol. The Hall–Kier alpha value is -2.17. The molecule has 5 nitrogen and oxygen atoms in total. The molecule has 0 spiro atoms. The van der Waals surface area contributed by atoms with Crippen molar-refractivity contribution in [1.82, 2.24) is 10.2 Å². The second-order valence-corrected chi connectivity index (χ2v) is 6.45. The average Bonchev–Trinajstić information content (AvgIpc) is 2.84. The van der Waals surface area contributed by atoms with Crippen molar-refractivity contribution in [2.45, 2.75) is 45.1 Å². The third kappa shape index (κ3) is 3.00. The van der Waals surface area contributed by atoms with Crippen molar-refractivity contribution < 1.29 is 14.4 Å². The fourth-order valence-electron chi connectivity index (χ4n) is 3.46. The van der Waals surface area contributed by atoms with Gasteiger partial charge in [0.15, 0.2) is 0 Å². The minimum absolute atomic E-state index is 0.259. The van der Waals surface area contributed by atoms with Crippen molar-refractivity contribution in [3.05, 3.63) is 35.4 Å². The fraction of sp³-hybridized carbons (Fsp3) is 0.500. The van der Waals surface area contributed by atoms with Gasteiger partial charge in [0.1, 0.15) is 6.04 Å². The van der Waals surface area contributed by atoms with E-state index < -0.39 is 6.04 Å². The number of fused-ring (bicyclic) bond motifs is 1. The number of amides is 3. The third-order valence-electron chi connectivity index (χ3n) is 4.88.